The van der Waals surface area contributed by atoms with Gasteiger partial charge in [-0.1, -0.05) is 66.7 Å². The van der Waals surface area contributed by atoms with Crippen molar-refractivity contribution >= 4 is 54.8 Å². The van der Waals surface area contributed by atoms with Crippen LogP contribution in [0, 0.1) is 0 Å². The molecule has 0 aliphatic carbocycles. The Kier molecular flexibility index (Phi) is 5.48. The zero-order chi connectivity index (χ0) is 30.9. The van der Waals surface area contributed by atoms with E-state index >= 15 is 0 Å². The zero-order valence-electron chi connectivity index (χ0n) is 25.1. The molecule has 0 radical (unpaired) electrons. The van der Waals surface area contributed by atoms with Gasteiger partial charge in [0.2, 0.25) is 0 Å². The van der Waals surface area contributed by atoms with E-state index in [1.807, 2.05) is 47.5 Å². The fraction of sp³-hybridized carbons (Fsp3) is 0. The third kappa shape index (κ3) is 3.88. The van der Waals surface area contributed by atoms with Gasteiger partial charge in [-0.3, -0.25) is 8.80 Å². The van der Waals surface area contributed by atoms with Gasteiger partial charge in [0.15, 0.2) is 0 Å². The van der Waals surface area contributed by atoms with Crippen molar-refractivity contribution in [1.29, 1.82) is 0 Å². The van der Waals surface area contributed by atoms with Gasteiger partial charge in [-0.15, -0.1) is 0 Å². The SMILES string of the molecule is c1ccc(-c2ccc3c(c2-c2ccccc2)c2ccc(Oc4ccc5c6cccnc6n6ccnc6c5c4)cc2c2nccn32)cc1. The summed E-state index contributed by atoms with van der Waals surface area (Å²) in [6, 6.07) is 42.3. The van der Waals surface area contributed by atoms with Crippen LogP contribution in [0.15, 0.2) is 152 Å². The van der Waals surface area contributed by atoms with Gasteiger partial charge in [-0.05, 0) is 87.6 Å². The first-order valence-corrected chi connectivity index (χ1v) is 15.6. The Morgan fingerprint density at radius 2 is 1.06 bits per heavy atom. The first-order valence-electron chi connectivity index (χ1n) is 15.6. The topological polar surface area (TPSA) is 56.7 Å². The molecule has 5 aromatic carbocycles. The van der Waals surface area contributed by atoms with Crippen LogP contribution in [-0.2, 0) is 0 Å². The summed E-state index contributed by atoms with van der Waals surface area (Å²) in [5.74, 6) is 1.48. The number of benzene rings is 5. The van der Waals surface area contributed by atoms with E-state index in [0.717, 1.165) is 60.9 Å². The summed E-state index contributed by atoms with van der Waals surface area (Å²) < 4.78 is 10.8. The number of aromatic nitrogens is 5. The summed E-state index contributed by atoms with van der Waals surface area (Å²) in [7, 11) is 0. The Bertz CT molecular complexity index is 2820. The van der Waals surface area contributed by atoms with Gasteiger partial charge in [0, 0.05) is 52.5 Å². The van der Waals surface area contributed by atoms with Crippen molar-refractivity contribution in [3.63, 3.8) is 0 Å². The minimum Gasteiger partial charge on any atom is -0.457 e. The maximum absolute atomic E-state index is 6.59. The Morgan fingerprint density at radius 3 is 1.83 bits per heavy atom. The van der Waals surface area contributed by atoms with E-state index in [4.69, 9.17) is 9.72 Å². The molecule has 0 aliphatic rings. The fourth-order valence-electron chi connectivity index (χ4n) is 7.13. The minimum absolute atomic E-state index is 0.737. The molecular weight excluding hydrogens is 578 g/mol. The molecule has 0 unspecified atom stereocenters. The Balaban J connectivity index is 1.19. The molecular formula is C41H25N5O. The second kappa shape index (κ2) is 9.99. The number of imidazole rings is 2. The molecule has 0 amide bonds. The molecule has 5 heterocycles. The number of pyridine rings is 3. The molecule has 0 saturated carbocycles. The van der Waals surface area contributed by atoms with Crippen molar-refractivity contribution in [1.82, 2.24) is 23.8 Å². The lowest BCUT2D eigenvalue weighted by molar-refractivity contribution is 0.484. The van der Waals surface area contributed by atoms with Gasteiger partial charge < -0.3 is 4.74 Å². The lowest BCUT2D eigenvalue weighted by atomic mass is 9.89. The van der Waals surface area contributed by atoms with Crippen molar-refractivity contribution in [2.24, 2.45) is 0 Å². The predicted molar refractivity (Wildman–Crippen MR) is 189 cm³/mol. The van der Waals surface area contributed by atoms with Crippen molar-refractivity contribution in [3.05, 3.63) is 152 Å². The molecule has 220 valence electrons. The standard InChI is InChI=1S/C41H25N5O/c1-3-8-26(9-4-1)30-17-18-36-38(37(30)27-10-5-2-6-11-27)32-16-14-29(25-35(32)40-43-20-22-45(36)40)47-28-13-15-31-33-12-7-19-42-39(33)46-23-21-44-41(46)34(31)24-28/h1-25H. The second-order valence-electron chi connectivity index (χ2n) is 11.7. The average molecular weight is 604 g/mol. The van der Waals surface area contributed by atoms with Gasteiger partial charge in [0.25, 0.3) is 0 Å². The van der Waals surface area contributed by atoms with Gasteiger partial charge in [-0.25, -0.2) is 15.0 Å². The van der Waals surface area contributed by atoms with Crippen LogP contribution in [0.4, 0.5) is 0 Å². The fourth-order valence-corrected chi connectivity index (χ4v) is 7.13. The van der Waals surface area contributed by atoms with Crippen LogP contribution in [0.2, 0.25) is 0 Å². The lowest BCUT2D eigenvalue weighted by Gasteiger charge is -2.18. The third-order valence-corrected chi connectivity index (χ3v) is 9.15. The first kappa shape index (κ1) is 25.8. The number of fused-ring (bicyclic) bond motifs is 12. The highest BCUT2D eigenvalue weighted by atomic mass is 16.5. The number of hydrogen-bond acceptors (Lipinski definition) is 4. The monoisotopic (exact) mass is 603 g/mol. The number of hydrogen-bond donors (Lipinski definition) is 0. The van der Waals surface area contributed by atoms with Crippen molar-refractivity contribution < 1.29 is 4.74 Å². The van der Waals surface area contributed by atoms with Crippen molar-refractivity contribution in [2.45, 2.75) is 0 Å². The highest BCUT2D eigenvalue weighted by Gasteiger charge is 2.19. The van der Waals surface area contributed by atoms with Gasteiger partial charge in [0.05, 0.1) is 5.52 Å². The summed E-state index contributed by atoms with van der Waals surface area (Å²) in [6.45, 7) is 0. The summed E-state index contributed by atoms with van der Waals surface area (Å²) >= 11 is 0. The molecule has 6 heteroatoms. The van der Waals surface area contributed by atoms with E-state index < -0.39 is 0 Å². The summed E-state index contributed by atoms with van der Waals surface area (Å²) in [5.41, 5.74) is 8.47. The summed E-state index contributed by atoms with van der Waals surface area (Å²) in [4.78, 5) is 14.1. The molecule has 0 fully saturated rings. The van der Waals surface area contributed by atoms with Crippen LogP contribution in [0.3, 0.4) is 0 Å². The van der Waals surface area contributed by atoms with E-state index in [2.05, 4.69) is 124 Å². The Labute approximate surface area is 268 Å². The van der Waals surface area contributed by atoms with Crippen molar-refractivity contribution in [3.8, 4) is 33.8 Å². The van der Waals surface area contributed by atoms with E-state index in [-0.39, 0.29) is 0 Å². The minimum atomic E-state index is 0.737. The van der Waals surface area contributed by atoms with Gasteiger partial charge in [0.1, 0.15) is 28.4 Å². The van der Waals surface area contributed by atoms with Crippen LogP contribution < -0.4 is 4.74 Å². The molecule has 10 rings (SSSR count). The molecule has 0 aliphatic heterocycles. The van der Waals surface area contributed by atoms with E-state index in [9.17, 15) is 0 Å². The highest BCUT2D eigenvalue weighted by molar-refractivity contribution is 6.20. The molecule has 5 aromatic heterocycles. The lowest BCUT2D eigenvalue weighted by Crippen LogP contribution is -1.96. The van der Waals surface area contributed by atoms with Crippen LogP contribution in [0.1, 0.15) is 0 Å². The third-order valence-electron chi connectivity index (χ3n) is 9.15. The number of ether oxygens (including phenoxy) is 1. The Morgan fingerprint density at radius 1 is 0.447 bits per heavy atom. The summed E-state index contributed by atoms with van der Waals surface area (Å²) in [6.07, 6.45) is 9.49. The second-order valence-corrected chi connectivity index (χ2v) is 11.7. The number of rotatable bonds is 4. The molecule has 0 bridgehead atoms. The molecule has 47 heavy (non-hydrogen) atoms. The van der Waals surface area contributed by atoms with E-state index in [1.54, 1.807) is 0 Å². The summed E-state index contributed by atoms with van der Waals surface area (Å²) in [5, 5.41) is 6.50. The molecule has 10 aromatic rings. The molecule has 0 atom stereocenters. The molecule has 0 N–H and O–H groups in total. The maximum atomic E-state index is 6.59. The van der Waals surface area contributed by atoms with E-state index in [1.165, 1.54) is 27.6 Å². The van der Waals surface area contributed by atoms with Crippen LogP contribution in [-0.4, -0.2) is 23.8 Å². The molecule has 0 saturated heterocycles. The van der Waals surface area contributed by atoms with Crippen molar-refractivity contribution in [2.75, 3.05) is 0 Å². The van der Waals surface area contributed by atoms with Crippen LogP contribution in [0.5, 0.6) is 11.5 Å². The predicted octanol–water partition coefficient (Wildman–Crippen LogP) is 10.1. The van der Waals surface area contributed by atoms with Crippen LogP contribution in [0.25, 0.3) is 77.0 Å². The smallest absolute Gasteiger partial charge is 0.146 e. The normalized spacial score (nSPS) is 11.8. The van der Waals surface area contributed by atoms with Gasteiger partial charge >= 0.3 is 0 Å². The molecule has 6 nitrogen and oxygen atoms in total. The molecule has 0 spiro atoms. The quantitative estimate of drug-likeness (QED) is 0.188. The first-order chi connectivity index (χ1) is 23.3. The Hall–Kier alpha value is -6.53. The largest absolute Gasteiger partial charge is 0.457 e. The highest BCUT2D eigenvalue weighted by Crippen LogP contribution is 2.43. The van der Waals surface area contributed by atoms with Gasteiger partial charge in [-0.2, -0.15) is 0 Å². The van der Waals surface area contributed by atoms with E-state index in [0.29, 0.717) is 0 Å². The maximum Gasteiger partial charge on any atom is 0.146 e. The average Bonchev–Trinajstić information content (AvgIpc) is 3.84. The number of nitrogens with zero attached hydrogens (tertiary/aromatic N) is 5. The zero-order valence-corrected chi connectivity index (χ0v) is 25.1. The van der Waals surface area contributed by atoms with Crippen LogP contribution >= 0.6 is 0 Å².